The van der Waals surface area contributed by atoms with E-state index in [1.54, 1.807) is 0 Å². The number of piperidine rings is 1. The molecule has 0 radical (unpaired) electrons. The molecule has 4 nitrogen and oxygen atoms in total. The standard InChI is InChI=1S/C23H31N3O/c1-19(2)26(18-20-9-5-3-6-10-20)23(27)17-24-21-11-13-22(14-12-21)25-15-7-4-8-16-25/h3,5-6,9-14,19,24H,4,7-8,15-18H2,1-2H3. The first-order valence-electron chi connectivity index (χ1n) is 10.1. The van der Waals surface area contributed by atoms with Gasteiger partial charge in [-0.3, -0.25) is 4.79 Å². The van der Waals surface area contributed by atoms with Crippen LogP contribution in [-0.4, -0.2) is 36.5 Å². The Kier molecular flexibility index (Phi) is 6.74. The van der Waals surface area contributed by atoms with Crippen LogP contribution in [0.3, 0.4) is 0 Å². The van der Waals surface area contributed by atoms with Gasteiger partial charge in [-0.05, 0) is 62.9 Å². The summed E-state index contributed by atoms with van der Waals surface area (Å²) in [7, 11) is 0. The maximum Gasteiger partial charge on any atom is 0.242 e. The SMILES string of the molecule is CC(C)N(Cc1ccccc1)C(=O)CNc1ccc(N2CCCCC2)cc1. The number of amides is 1. The summed E-state index contributed by atoms with van der Waals surface area (Å²) in [5.74, 6) is 0.119. The summed E-state index contributed by atoms with van der Waals surface area (Å²) < 4.78 is 0. The molecular formula is C23H31N3O. The Labute approximate surface area is 163 Å². The molecule has 0 spiro atoms. The highest BCUT2D eigenvalue weighted by Crippen LogP contribution is 2.21. The van der Waals surface area contributed by atoms with Gasteiger partial charge < -0.3 is 15.1 Å². The average molecular weight is 366 g/mol. The van der Waals surface area contributed by atoms with Crippen LogP contribution in [-0.2, 0) is 11.3 Å². The second-order valence-corrected chi connectivity index (χ2v) is 7.55. The fourth-order valence-electron chi connectivity index (χ4n) is 3.56. The molecule has 0 unspecified atom stereocenters. The highest BCUT2D eigenvalue weighted by molar-refractivity contribution is 5.81. The molecule has 0 atom stereocenters. The van der Waals surface area contributed by atoms with Gasteiger partial charge >= 0.3 is 0 Å². The van der Waals surface area contributed by atoms with Gasteiger partial charge in [0.25, 0.3) is 0 Å². The maximum absolute atomic E-state index is 12.7. The number of benzene rings is 2. The lowest BCUT2D eigenvalue weighted by Crippen LogP contribution is -2.39. The molecule has 0 bridgehead atoms. The molecule has 0 saturated carbocycles. The van der Waals surface area contributed by atoms with Gasteiger partial charge in [-0.2, -0.15) is 0 Å². The molecular weight excluding hydrogens is 334 g/mol. The van der Waals surface area contributed by atoms with Crippen molar-refractivity contribution in [1.82, 2.24) is 4.90 Å². The van der Waals surface area contributed by atoms with E-state index in [-0.39, 0.29) is 11.9 Å². The molecule has 4 heteroatoms. The van der Waals surface area contributed by atoms with Crippen molar-refractivity contribution in [3.05, 3.63) is 60.2 Å². The van der Waals surface area contributed by atoms with Crippen LogP contribution in [0.4, 0.5) is 11.4 Å². The summed E-state index contributed by atoms with van der Waals surface area (Å²) >= 11 is 0. The average Bonchev–Trinajstić information content (AvgIpc) is 2.72. The Hall–Kier alpha value is -2.49. The van der Waals surface area contributed by atoms with E-state index in [1.807, 2.05) is 23.1 Å². The van der Waals surface area contributed by atoms with Gasteiger partial charge in [-0.1, -0.05) is 30.3 Å². The number of rotatable bonds is 7. The van der Waals surface area contributed by atoms with Crippen LogP contribution < -0.4 is 10.2 Å². The minimum atomic E-state index is 0.119. The minimum absolute atomic E-state index is 0.119. The van der Waals surface area contributed by atoms with Crippen molar-refractivity contribution >= 4 is 17.3 Å². The Balaban J connectivity index is 1.55. The summed E-state index contributed by atoms with van der Waals surface area (Å²) in [5, 5.41) is 3.29. The number of carbonyl (C=O) groups is 1. The lowest BCUT2D eigenvalue weighted by atomic mass is 10.1. The van der Waals surface area contributed by atoms with Crippen LogP contribution in [0.5, 0.6) is 0 Å². The fourth-order valence-corrected chi connectivity index (χ4v) is 3.56. The van der Waals surface area contributed by atoms with Crippen LogP contribution in [0, 0.1) is 0 Å². The molecule has 0 aliphatic carbocycles. The summed E-state index contributed by atoms with van der Waals surface area (Å²) in [6.07, 6.45) is 3.90. The van der Waals surface area contributed by atoms with Crippen molar-refractivity contribution in [3.8, 4) is 0 Å². The number of hydrogen-bond acceptors (Lipinski definition) is 3. The number of nitrogens with one attached hydrogen (secondary N) is 1. The quantitative estimate of drug-likeness (QED) is 0.783. The highest BCUT2D eigenvalue weighted by atomic mass is 16.2. The third-order valence-electron chi connectivity index (χ3n) is 5.17. The molecule has 27 heavy (non-hydrogen) atoms. The monoisotopic (exact) mass is 365 g/mol. The van der Waals surface area contributed by atoms with E-state index in [0.717, 1.165) is 24.3 Å². The van der Waals surface area contributed by atoms with Crippen molar-refractivity contribution in [1.29, 1.82) is 0 Å². The van der Waals surface area contributed by atoms with Crippen molar-refractivity contribution in [3.63, 3.8) is 0 Å². The minimum Gasteiger partial charge on any atom is -0.376 e. The predicted octanol–water partition coefficient (Wildman–Crippen LogP) is 4.53. The second kappa shape index (κ2) is 9.45. The van der Waals surface area contributed by atoms with Crippen molar-refractivity contribution in [2.75, 3.05) is 29.9 Å². The van der Waals surface area contributed by atoms with Crippen LogP contribution in [0.25, 0.3) is 0 Å². The van der Waals surface area contributed by atoms with E-state index < -0.39 is 0 Å². The van der Waals surface area contributed by atoms with Gasteiger partial charge in [0.1, 0.15) is 0 Å². The van der Waals surface area contributed by atoms with E-state index in [0.29, 0.717) is 13.1 Å². The molecule has 1 heterocycles. The van der Waals surface area contributed by atoms with Crippen LogP contribution >= 0.6 is 0 Å². The van der Waals surface area contributed by atoms with Crippen molar-refractivity contribution in [2.45, 2.75) is 45.7 Å². The predicted molar refractivity (Wildman–Crippen MR) is 113 cm³/mol. The largest absolute Gasteiger partial charge is 0.376 e. The zero-order chi connectivity index (χ0) is 19.1. The molecule has 1 fully saturated rings. The highest BCUT2D eigenvalue weighted by Gasteiger charge is 2.17. The Morgan fingerprint density at radius 1 is 1.00 bits per heavy atom. The molecule has 1 amide bonds. The summed E-state index contributed by atoms with van der Waals surface area (Å²) in [5.41, 5.74) is 3.43. The third kappa shape index (κ3) is 5.49. The lowest BCUT2D eigenvalue weighted by molar-refractivity contribution is -0.131. The van der Waals surface area contributed by atoms with Gasteiger partial charge in [0, 0.05) is 37.1 Å². The van der Waals surface area contributed by atoms with Crippen molar-refractivity contribution < 1.29 is 4.79 Å². The van der Waals surface area contributed by atoms with Gasteiger partial charge in [0.15, 0.2) is 0 Å². The second-order valence-electron chi connectivity index (χ2n) is 7.55. The topological polar surface area (TPSA) is 35.6 Å². The van der Waals surface area contributed by atoms with Gasteiger partial charge in [0.05, 0.1) is 6.54 Å². The number of carbonyl (C=O) groups excluding carboxylic acids is 1. The van der Waals surface area contributed by atoms with E-state index in [1.165, 1.54) is 24.9 Å². The number of hydrogen-bond donors (Lipinski definition) is 1. The molecule has 144 valence electrons. The first-order valence-corrected chi connectivity index (χ1v) is 10.1. The van der Waals surface area contributed by atoms with Gasteiger partial charge in [-0.15, -0.1) is 0 Å². The molecule has 1 saturated heterocycles. The maximum atomic E-state index is 12.7. The first-order chi connectivity index (χ1) is 13.1. The van der Waals surface area contributed by atoms with E-state index in [2.05, 4.69) is 60.5 Å². The lowest BCUT2D eigenvalue weighted by Gasteiger charge is -2.29. The van der Waals surface area contributed by atoms with Crippen molar-refractivity contribution in [2.24, 2.45) is 0 Å². The van der Waals surface area contributed by atoms with E-state index in [4.69, 9.17) is 0 Å². The first kappa shape index (κ1) is 19.3. The molecule has 1 aliphatic heterocycles. The zero-order valence-corrected chi connectivity index (χ0v) is 16.5. The van der Waals surface area contributed by atoms with Crippen LogP contribution in [0.15, 0.2) is 54.6 Å². The Bertz CT molecular complexity index is 706. The van der Waals surface area contributed by atoms with E-state index >= 15 is 0 Å². The molecule has 3 rings (SSSR count). The molecule has 2 aromatic rings. The van der Waals surface area contributed by atoms with E-state index in [9.17, 15) is 4.79 Å². The van der Waals surface area contributed by atoms with Crippen LogP contribution in [0.1, 0.15) is 38.7 Å². The third-order valence-corrected chi connectivity index (χ3v) is 5.17. The smallest absolute Gasteiger partial charge is 0.242 e. The summed E-state index contributed by atoms with van der Waals surface area (Å²) in [4.78, 5) is 17.1. The fraction of sp³-hybridized carbons (Fsp3) is 0.435. The van der Waals surface area contributed by atoms with Gasteiger partial charge in [0.2, 0.25) is 5.91 Å². The number of nitrogens with zero attached hydrogens (tertiary/aromatic N) is 2. The number of anilines is 2. The molecule has 0 aromatic heterocycles. The molecule has 1 N–H and O–H groups in total. The Morgan fingerprint density at radius 3 is 2.30 bits per heavy atom. The summed E-state index contributed by atoms with van der Waals surface area (Å²) in [6.45, 7) is 7.38. The zero-order valence-electron chi connectivity index (χ0n) is 16.5. The molecule has 2 aromatic carbocycles. The summed E-state index contributed by atoms with van der Waals surface area (Å²) in [6, 6.07) is 18.8. The normalized spacial score (nSPS) is 14.3. The van der Waals surface area contributed by atoms with Gasteiger partial charge in [-0.25, -0.2) is 0 Å². The molecule has 1 aliphatic rings. The Morgan fingerprint density at radius 2 is 1.67 bits per heavy atom. The van der Waals surface area contributed by atoms with Crippen LogP contribution in [0.2, 0.25) is 0 Å².